The number of likely N-dealkylation sites (N-methyl/N-ethyl adjacent to an activating group) is 1. The summed E-state index contributed by atoms with van der Waals surface area (Å²) in [4.78, 5) is 18.0. The molecular weight excluding hydrogens is 396 g/mol. The zero-order valence-electron chi connectivity index (χ0n) is 18.6. The van der Waals surface area contributed by atoms with Crippen LogP contribution in [-0.4, -0.2) is 42.2 Å². The molecule has 7 heteroatoms. The molecule has 1 amide bonds. The number of aromatic nitrogens is 2. The molecule has 0 spiro atoms. The van der Waals surface area contributed by atoms with E-state index in [1.807, 2.05) is 33.0 Å². The van der Waals surface area contributed by atoms with E-state index >= 15 is 0 Å². The molecule has 0 saturated carbocycles. The topological polar surface area (TPSA) is 60.6 Å². The van der Waals surface area contributed by atoms with E-state index in [0.29, 0.717) is 6.54 Å². The fourth-order valence-corrected chi connectivity index (χ4v) is 4.54. The van der Waals surface area contributed by atoms with Crippen molar-refractivity contribution in [3.63, 3.8) is 0 Å². The van der Waals surface area contributed by atoms with E-state index in [4.69, 9.17) is 9.72 Å². The first kappa shape index (κ1) is 22.1. The third-order valence-corrected chi connectivity index (χ3v) is 5.80. The van der Waals surface area contributed by atoms with E-state index in [2.05, 4.69) is 47.3 Å². The first-order valence-corrected chi connectivity index (χ1v) is 11.0. The molecule has 160 valence electrons. The van der Waals surface area contributed by atoms with Gasteiger partial charge >= 0.3 is 0 Å². The Balaban J connectivity index is 1.76. The second-order valence-electron chi connectivity index (χ2n) is 7.98. The van der Waals surface area contributed by atoms with Crippen LogP contribution in [0.25, 0.3) is 16.9 Å². The van der Waals surface area contributed by atoms with Gasteiger partial charge in [0, 0.05) is 34.1 Å². The number of rotatable bonds is 8. The van der Waals surface area contributed by atoms with Gasteiger partial charge in [-0.15, -0.1) is 11.3 Å². The molecule has 0 bridgehead atoms. The van der Waals surface area contributed by atoms with Crippen molar-refractivity contribution in [2.24, 2.45) is 0 Å². The summed E-state index contributed by atoms with van der Waals surface area (Å²) in [5, 5.41) is 6.09. The highest BCUT2D eigenvalue weighted by atomic mass is 32.1. The van der Waals surface area contributed by atoms with Gasteiger partial charge < -0.3 is 19.5 Å². The number of hydrogen-bond donors (Lipinski definition) is 2. The Morgan fingerprint density at radius 1 is 1.27 bits per heavy atom. The molecule has 6 nitrogen and oxygen atoms in total. The summed E-state index contributed by atoms with van der Waals surface area (Å²) in [6.45, 7) is 9.36. The molecule has 2 heterocycles. The van der Waals surface area contributed by atoms with Crippen LogP contribution in [0.15, 0.2) is 35.7 Å². The van der Waals surface area contributed by atoms with Crippen LogP contribution in [0.3, 0.4) is 0 Å². The van der Waals surface area contributed by atoms with Gasteiger partial charge in [-0.05, 0) is 58.0 Å². The minimum absolute atomic E-state index is 0.0716. The van der Waals surface area contributed by atoms with Crippen molar-refractivity contribution in [2.75, 3.05) is 20.7 Å². The fraction of sp³-hybridized carbons (Fsp3) is 0.391. The van der Waals surface area contributed by atoms with Gasteiger partial charge in [-0.1, -0.05) is 0 Å². The molecule has 1 atom stereocenters. The lowest BCUT2D eigenvalue weighted by Gasteiger charge is -2.13. The summed E-state index contributed by atoms with van der Waals surface area (Å²) in [6, 6.07) is 10.4. The predicted molar refractivity (Wildman–Crippen MR) is 122 cm³/mol. The van der Waals surface area contributed by atoms with Crippen LogP contribution < -0.4 is 15.0 Å². The molecule has 0 aliphatic heterocycles. The van der Waals surface area contributed by atoms with Crippen molar-refractivity contribution >= 4 is 17.2 Å². The molecule has 0 aliphatic rings. The van der Waals surface area contributed by atoms with E-state index in [1.165, 1.54) is 0 Å². The van der Waals surface area contributed by atoms with Crippen LogP contribution in [0, 0.1) is 13.8 Å². The highest BCUT2D eigenvalue weighted by Gasteiger charge is 2.17. The number of quaternary nitrogens is 1. The van der Waals surface area contributed by atoms with Gasteiger partial charge in [0.1, 0.15) is 17.3 Å². The van der Waals surface area contributed by atoms with Gasteiger partial charge in [0.2, 0.25) is 0 Å². The zero-order valence-corrected chi connectivity index (χ0v) is 19.4. The molecule has 0 saturated heterocycles. The third kappa shape index (κ3) is 5.09. The number of hydrogen-bond acceptors (Lipinski definition) is 4. The molecule has 1 unspecified atom stereocenters. The van der Waals surface area contributed by atoms with E-state index in [0.717, 1.165) is 50.5 Å². The molecule has 0 aliphatic carbocycles. The van der Waals surface area contributed by atoms with Crippen molar-refractivity contribution < 1.29 is 14.4 Å². The smallest absolute Gasteiger partial charge is 0.275 e. The van der Waals surface area contributed by atoms with Gasteiger partial charge in [-0.25, -0.2) is 4.98 Å². The van der Waals surface area contributed by atoms with Gasteiger partial charge in [0.05, 0.1) is 19.9 Å². The van der Waals surface area contributed by atoms with Crippen LogP contribution in [0.5, 0.6) is 5.75 Å². The average molecular weight is 428 g/mol. The van der Waals surface area contributed by atoms with E-state index < -0.39 is 0 Å². The quantitative estimate of drug-likeness (QED) is 0.581. The maximum absolute atomic E-state index is 12.0. The molecule has 0 radical (unpaired) electrons. The summed E-state index contributed by atoms with van der Waals surface area (Å²) in [5.74, 6) is 0.918. The van der Waals surface area contributed by atoms with Crippen LogP contribution in [0.2, 0.25) is 0 Å². The minimum atomic E-state index is 0.0716. The van der Waals surface area contributed by atoms with Crippen molar-refractivity contribution in [3.05, 3.63) is 52.1 Å². The molecule has 0 fully saturated rings. The van der Waals surface area contributed by atoms with E-state index in [9.17, 15) is 4.79 Å². The third-order valence-electron chi connectivity index (χ3n) is 4.95. The van der Waals surface area contributed by atoms with E-state index in [-0.39, 0.29) is 11.9 Å². The van der Waals surface area contributed by atoms with Gasteiger partial charge in [0.25, 0.3) is 5.91 Å². The standard InChI is InChI=1S/C23H30N4O2S/c1-15(2)24-22(28)12-26(5)13-23-25-21(14-30-23)20-11-16(3)27(17(20)4)18-7-9-19(29-6)10-8-18/h7-11,14-15H,12-13H2,1-6H3,(H,24,28)/p+1. The lowest BCUT2D eigenvalue weighted by Crippen LogP contribution is -3.09. The van der Waals surface area contributed by atoms with Crippen LogP contribution in [0.4, 0.5) is 0 Å². The van der Waals surface area contributed by atoms with Crippen molar-refractivity contribution in [2.45, 2.75) is 40.3 Å². The van der Waals surface area contributed by atoms with Gasteiger partial charge in [-0.2, -0.15) is 0 Å². The molecule has 2 N–H and O–H groups in total. The zero-order chi connectivity index (χ0) is 21.8. The van der Waals surface area contributed by atoms with Crippen molar-refractivity contribution in [3.8, 4) is 22.7 Å². The number of benzene rings is 1. The van der Waals surface area contributed by atoms with Crippen molar-refractivity contribution in [1.29, 1.82) is 0 Å². The van der Waals surface area contributed by atoms with Gasteiger partial charge in [0.15, 0.2) is 6.54 Å². The Morgan fingerprint density at radius 3 is 2.60 bits per heavy atom. The van der Waals surface area contributed by atoms with Crippen LogP contribution in [-0.2, 0) is 11.3 Å². The summed E-state index contributed by atoms with van der Waals surface area (Å²) >= 11 is 1.65. The molecule has 3 rings (SSSR count). The number of carbonyl (C=O) groups is 1. The number of aryl methyl sites for hydroxylation is 1. The van der Waals surface area contributed by atoms with Crippen molar-refractivity contribution in [1.82, 2.24) is 14.9 Å². The van der Waals surface area contributed by atoms with E-state index in [1.54, 1.807) is 18.4 Å². The Kier molecular flexibility index (Phi) is 6.95. The molecule has 3 aromatic rings. The Bertz CT molecular complexity index is 1000. The molecule has 30 heavy (non-hydrogen) atoms. The Labute approximate surface area is 182 Å². The molecule has 1 aromatic carbocycles. The minimum Gasteiger partial charge on any atom is -0.497 e. The highest BCUT2D eigenvalue weighted by molar-refractivity contribution is 7.09. The lowest BCUT2D eigenvalue weighted by atomic mass is 10.2. The summed E-state index contributed by atoms with van der Waals surface area (Å²) < 4.78 is 7.51. The fourth-order valence-electron chi connectivity index (χ4n) is 3.63. The Hall–Kier alpha value is -2.64. The van der Waals surface area contributed by atoms with Crippen LogP contribution >= 0.6 is 11.3 Å². The van der Waals surface area contributed by atoms with Crippen LogP contribution in [0.1, 0.15) is 30.2 Å². The number of amides is 1. The number of thiazole rings is 1. The normalized spacial score (nSPS) is 12.2. The number of ether oxygens (including phenoxy) is 1. The number of nitrogens with one attached hydrogen (secondary N) is 2. The van der Waals surface area contributed by atoms with Gasteiger partial charge in [-0.3, -0.25) is 4.79 Å². The lowest BCUT2D eigenvalue weighted by molar-refractivity contribution is -0.885. The Morgan fingerprint density at radius 2 is 1.97 bits per heavy atom. The maximum atomic E-state index is 12.0. The second kappa shape index (κ2) is 9.45. The first-order valence-electron chi connectivity index (χ1n) is 10.2. The first-order chi connectivity index (χ1) is 14.3. The largest absolute Gasteiger partial charge is 0.497 e. The average Bonchev–Trinajstić information content (AvgIpc) is 3.24. The molecular formula is C23H31N4O2S+. The predicted octanol–water partition coefficient (Wildman–Crippen LogP) is 2.77. The second-order valence-corrected chi connectivity index (χ2v) is 8.92. The summed E-state index contributed by atoms with van der Waals surface area (Å²) in [6.07, 6.45) is 0. The highest BCUT2D eigenvalue weighted by Crippen LogP contribution is 2.30. The number of nitrogens with zero attached hydrogens (tertiary/aromatic N) is 2. The summed E-state index contributed by atoms with van der Waals surface area (Å²) in [5.41, 5.74) is 5.55. The molecule has 2 aromatic heterocycles. The number of carbonyl (C=O) groups excluding carboxylic acids is 1. The number of methoxy groups -OCH3 is 1. The summed E-state index contributed by atoms with van der Waals surface area (Å²) in [7, 11) is 3.70. The monoisotopic (exact) mass is 427 g/mol. The maximum Gasteiger partial charge on any atom is 0.275 e. The SMILES string of the molecule is COc1ccc(-n2c(C)cc(-c3csc(C[NH+](C)CC(=O)NC(C)C)n3)c2C)cc1.